The number of aromatic nitrogens is 1. The molecular weight excluding hydrogens is 292 g/mol. The van der Waals surface area contributed by atoms with Crippen LogP contribution in [0.15, 0.2) is 30.5 Å². The molecule has 1 aromatic heterocycles. The highest BCUT2D eigenvalue weighted by Gasteiger charge is 2.10. The van der Waals surface area contributed by atoms with Gasteiger partial charge < -0.3 is 10.5 Å². The molecule has 0 amide bonds. The standard InChI is InChI=1S/C15H15ClN2OS/c1-9-6-12(16)7-10(2)14(9)19-8-11-4-3-5-18-13(11)15(17)20/h3-7H,8H2,1-2H3,(H2,17,20). The van der Waals surface area contributed by atoms with E-state index in [1.807, 2.05) is 38.1 Å². The summed E-state index contributed by atoms with van der Waals surface area (Å²) in [5.74, 6) is 0.826. The number of halogens is 1. The second kappa shape index (κ2) is 6.20. The number of hydrogen-bond acceptors (Lipinski definition) is 3. The van der Waals surface area contributed by atoms with Crippen molar-refractivity contribution in [2.45, 2.75) is 20.5 Å². The topological polar surface area (TPSA) is 48.1 Å². The molecule has 0 saturated heterocycles. The molecule has 0 aliphatic carbocycles. The molecule has 0 atom stereocenters. The maximum atomic E-state index is 6.01. The minimum atomic E-state index is 0.272. The van der Waals surface area contributed by atoms with Gasteiger partial charge >= 0.3 is 0 Å². The fourth-order valence-corrected chi connectivity index (χ4v) is 2.56. The highest BCUT2D eigenvalue weighted by atomic mass is 35.5. The van der Waals surface area contributed by atoms with Crippen molar-refractivity contribution in [2.24, 2.45) is 5.73 Å². The molecule has 2 aromatic rings. The zero-order valence-corrected chi connectivity index (χ0v) is 12.9. The maximum absolute atomic E-state index is 6.01. The van der Waals surface area contributed by atoms with Gasteiger partial charge in [-0.15, -0.1) is 0 Å². The van der Waals surface area contributed by atoms with E-state index in [0.29, 0.717) is 17.3 Å². The lowest BCUT2D eigenvalue weighted by molar-refractivity contribution is 0.301. The molecule has 20 heavy (non-hydrogen) atoms. The molecule has 1 aromatic carbocycles. The van der Waals surface area contributed by atoms with E-state index in [1.165, 1.54) is 0 Å². The summed E-state index contributed by atoms with van der Waals surface area (Å²) in [5, 5.41) is 0.706. The van der Waals surface area contributed by atoms with E-state index in [-0.39, 0.29) is 4.99 Å². The first-order chi connectivity index (χ1) is 9.49. The minimum Gasteiger partial charge on any atom is -0.488 e. The summed E-state index contributed by atoms with van der Waals surface area (Å²) in [6, 6.07) is 7.49. The van der Waals surface area contributed by atoms with Gasteiger partial charge in [-0.2, -0.15) is 0 Å². The Bertz CT molecular complexity index is 635. The van der Waals surface area contributed by atoms with Crippen LogP contribution >= 0.6 is 23.8 Å². The number of thiocarbonyl (C=S) groups is 1. The Kier molecular flexibility index (Phi) is 4.57. The number of ether oxygens (including phenoxy) is 1. The number of aryl methyl sites for hydroxylation is 2. The summed E-state index contributed by atoms with van der Waals surface area (Å²) in [6.45, 7) is 4.29. The van der Waals surface area contributed by atoms with Crippen molar-refractivity contribution in [1.82, 2.24) is 4.98 Å². The Labute approximate surface area is 128 Å². The largest absolute Gasteiger partial charge is 0.488 e. The third-order valence-electron chi connectivity index (χ3n) is 2.92. The Hall–Kier alpha value is -1.65. The molecule has 0 radical (unpaired) electrons. The summed E-state index contributed by atoms with van der Waals surface area (Å²) >= 11 is 11.0. The minimum absolute atomic E-state index is 0.272. The molecular formula is C15H15ClN2OS. The Morgan fingerprint density at radius 1 is 1.35 bits per heavy atom. The zero-order valence-electron chi connectivity index (χ0n) is 11.3. The first kappa shape index (κ1) is 14.8. The number of hydrogen-bond donors (Lipinski definition) is 1. The second-order valence-electron chi connectivity index (χ2n) is 4.53. The molecule has 0 bridgehead atoms. The maximum Gasteiger partial charge on any atom is 0.125 e. The Morgan fingerprint density at radius 2 is 2.00 bits per heavy atom. The Balaban J connectivity index is 2.24. The lowest BCUT2D eigenvalue weighted by Gasteiger charge is -2.14. The summed E-state index contributed by atoms with van der Waals surface area (Å²) in [5.41, 5.74) is 9.12. The molecule has 0 unspecified atom stereocenters. The van der Waals surface area contributed by atoms with E-state index in [0.717, 1.165) is 22.4 Å². The van der Waals surface area contributed by atoms with Gasteiger partial charge in [-0.3, -0.25) is 4.98 Å². The van der Waals surface area contributed by atoms with Crippen molar-refractivity contribution < 1.29 is 4.74 Å². The van der Waals surface area contributed by atoms with Gasteiger partial charge in [-0.05, 0) is 43.2 Å². The molecule has 1 heterocycles. The van der Waals surface area contributed by atoms with Crippen LogP contribution in [0.25, 0.3) is 0 Å². The number of pyridine rings is 1. The Morgan fingerprint density at radius 3 is 2.60 bits per heavy atom. The van der Waals surface area contributed by atoms with Crippen molar-refractivity contribution in [2.75, 3.05) is 0 Å². The van der Waals surface area contributed by atoms with Crippen LogP contribution in [0.1, 0.15) is 22.4 Å². The number of nitrogens with two attached hydrogens (primary N) is 1. The van der Waals surface area contributed by atoms with Gasteiger partial charge in [0.2, 0.25) is 0 Å². The quantitative estimate of drug-likeness (QED) is 0.877. The van der Waals surface area contributed by atoms with Gasteiger partial charge in [-0.1, -0.05) is 29.9 Å². The second-order valence-corrected chi connectivity index (χ2v) is 5.41. The monoisotopic (exact) mass is 306 g/mol. The summed E-state index contributed by atoms with van der Waals surface area (Å²) < 4.78 is 5.89. The van der Waals surface area contributed by atoms with Gasteiger partial charge in [-0.25, -0.2) is 0 Å². The molecule has 104 valence electrons. The molecule has 0 aliphatic rings. The van der Waals surface area contributed by atoms with Crippen LogP contribution < -0.4 is 10.5 Å². The van der Waals surface area contributed by atoms with Crippen molar-refractivity contribution in [1.29, 1.82) is 0 Å². The van der Waals surface area contributed by atoms with Gasteiger partial charge in [0, 0.05) is 16.8 Å². The lowest BCUT2D eigenvalue weighted by Crippen LogP contribution is -2.15. The van der Waals surface area contributed by atoms with Crippen LogP contribution in [0.4, 0.5) is 0 Å². The predicted octanol–water partition coefficient (Wildman–Crippen LogP) is 3.57. The first-order valence-corrected chi connectivity index (χ1v) is 6.91. The SMILES string of the molecule is Cc1cc(Cl)cc(C)c1OCc1cccnc1C(N)=S. The van der Waals surface area contributed by atoms with E-state index < -0.39 is 0 Å². The van der Waals surface area contributed by atoms with Crippen LogP contribution in [0.3, 0.4) is 0 Å². The predicted molar refractivity (Wildman–Crippen MR) is 85.4 cm³/mol. The lowest BCUT2D eigenvalue weighted by atomic mass is 10.1. The van der Waals surface area contributed by atoms with Crippen molar-refractivity contribution >= 4 is 28.8 Å². The van der Waals surface area contributed by atoms with Crippen LogP contribution in [-0.2, 0) is 6.61 Å². The highest BCUT2D eigenvalue weighted by Crippen LogP contribution is 2.27. The third kappa shape index (κ3) is 3.26. The molecule has 2 N–H and O–H groups in total. The van der Waals surface area contributed by atoms with E-state index in [1.54, 1.807) is 6.20 Å². The number of benzene rings is 1. The normalized spacial score (nSPS) is 10.3. The molecule has 0 saturated carbocycles. The third-order valence-corrected chi connectivity index (χ3v) is 3.33. The summed E-state index contributed by atoms with van der Waals surface area (Å²) in [7, 11) is 0. The fraction of sp³-hybridized carbons (Fsp3) is 0.200. The van der Waals surface area contributed by atoms with Crippen LogP contribution in [-0.4, -0.2) is 9.97 Å². The first-order valence-electron chi connectivity index (χ1n) is 6.12. The number of rotatable bonds is 4. The number of nitrogens with zero attached hydrogens (tertiary/aromatic N) is 1. The molecule has 0 spiro atoms. The van der Waals surface area contributed by atoms with Crippen LogP contribution in [0.5, 0.6) is 5.75 Å². The fourth-order valence-electron chi connectivity index (χ4n) is 2.05. The van der Waals surface area contributed by atoms with Gasteiger partial charge in [0.1, 0.15) is 23.0 Å². The summed E-state index contributed by atoms with van der Waals surface area (Å²) in [4.78, 5) is 4.45. The van der Waals surface area contributed by atoms with E-state index >= 15 is 0 Å². The average Bonchev–Trinajstić information content (AvgIpc) is 2.37. The molecule has 2 rings (SSSR count). The van der Waals surface area contributed by atoms with Crippen LogP contribution in [0.2, 0.25) is 5.02 Å². The van der Waals surface area contributed by atoms with E-state index in [9.17, 15) is 0 Å². The van der Waals surface area contributed by atoms with E-state index in [4.69, 9.17) is 34.3 Å². The average molecular weight is 307 g/mol. The van der Waals surface area contributed by atoms with Crippen LogP contribution in [0, 0.1) is 13.8 Å². The van der Waals surface area contributed by atoms with Gasteiger partial charge in [0.05, 0.1) is 0 Å². The van der Waals surface area contributed by atoms with Crippen molar-refractivity contribution in [3.63, 3.8) is 0 Å². The van der Waals surface area contributed by atoms with Gasteiger partial charge in [0.15, 0.2) is 0 Å². The highest BCUT2D eigenvalue weighted by molar-refractivity contribution is 7.80. The summed E-state index contributed by atoms with van der Waals surface area (Å²) in [6.07, 6.45) is 1.66. The molecule has 3 nitrogen and oxygen atoms in total. The molecule has 0 aliphatic heterocycles. The smallest absolute Gasteiger partial charge is 0.125 e. The zero-order chi connectivity index (χ0) is 14.7. The molecule has 5 heteroatoms. The van der Waals surface area contributed by atoms with E-state index in [2.05, 4.69) is 4.98 Å². The van der Waals surface area contributed by atoms with Crippen molar-refractivity contribution in [3.05, 3.63) is 57.9 Å². The van der Waals surface area contributed by atoms with Gasteiger partial charge in [0.25, 0.3) is 0 Å². The van der Waals surface area contributed by atoms with Crippen molar-refractivity contribution in [3.8, 4) is 5.75 Å². The molecule has 0 fully saturated rings.